The van der Waals surface area contributed by atoms with Crippen LogP contribution in [0.4, 0.5) is 0 Å². The molecule has 104 valence electrons. The van der Waals surface area contributed by atoms with Crippen LogP contribution in [0.5, 0.6) is 11.5 Å². The average Bonchev–Trinajstić information content (AvgIpc) is 2.30. The predicted molar refractivity (Wildman–Crippen MR) is 82.9 cm³/mol. The number of aliphatic hydroxyl groups is 1. The molecule has 2 N–H and O–H groups in total. The Labute approximate surface area is 128 Å². The molecule has 0 heterocycles. The van der Waals surface area contributed by atoms with Gasteiger partial charge < -0.3 is 19.9 Å². The van der Waals surface area contributed by atoms with Crippen LogP contribution in [0.1, 0.15) is 12.5 Å². The minimum Gasteiger partial charge on any atom is -0.492 e. The van der Waals surface area contributed by atoms with E-state index in [-0.39, 0.29) is 19.0 Å². The van der Waals surface area contributed by atoms with Gasteiger partial charge in [-0.05, 0) is 47.2 Å². The first-order valence-corrected chi connectivity index (χ1v) is 6.61. The molecule has 0 aliphatic carbocycles. The highest BCUT2D eigenvalue weighted by Gasteiger charge is 2.10. The molecular formula is C12H19ClINO3. The molecule has 0 fully saturated rings. The summed E-state index contributed by atoms with van der Waals surface area (Å²) in [5.74, 6) is 1.54. The van der Waals surface area contributed by atoms with E-state index in [4.69, 9.17) is 14.6 Å². The lowest BCUT2D eigenvalue weighted by atomic mass is 10.2. The zero-order valence-electron chi connectivity index (χ0n) is 10.5. The molecule has 1 rings (SSSR count). The molecule has 0 atom stereocenters. The van der Waals surface area contributed by atoms with Crippen LogP contribution in [-0.4, -0.2) is 32.0 Å². The van der Waals surface area contributed by atoms with Gasteiger partial charge >= 0.3 is 0 Å². The second-order valence-corrected chi connectivity index (χ2v) is 4.60. The molecule has 1 aromatic rings. The number of methoxy groups -OCH3 is 1. The fraction of sp³-hybridized carbons (Fsp3) is 0.500. The lowest BCUT2D eigenvalue weighted by Gasteiger charge is -2.13. The van der Waals surface area contributed by atoms with Crippen molar-refractivity contribution in [2.45, 2.75) is 13.5 Å². The number of hydrogen-bond acceptors (Lipinski definition) is 4. The fourth-order valence-corrected chi connectivity index (χ4v) is 2.38. The molecule has 0 saturated carbocycles. The molecule has 0 aliphatic heterocycles. The molecule has 0 aliphatic rings. The van der Waals surface area contributed by atoms with Gasteiger partial charge in [-0.2, -0.15) is 0 Å². The Kier molecular flexibility index (Phi) is 9.53. The second kappa shape index (κ2) is 9.66. The summed E-state index contributed by atoms with van der Waals surface area (Å²) in [4.78, 5) is 0. The van der Waals surface area contributed by atoms with Gasteiger partial charge in [0, 0.05) is 13.1 Å². The Hall–Kier alpha value is -0.240. The zero-order valence-corrected chi connectivity index (χ0v) is 13.5. The van der Waals surface area contributed by atoms with Gasteiger partial charge in [0.05, 0.1) is 23.9 Å². The van der Waals surface area contributed by atoms with Gasteiger partial charge in [0.15, 0.2) is 11.5 Å². The van der Waals surface area contributed by atoms with E-state index >= 15 is 0 Å². The first-order chi connectivity index (χ1) is 8.22. The SMILES string of the molecule is CCOc1cc(CNCCO)cc(I)c1OC.Cl. The third-order valence-corrected chi connectivity index (χ3v) is 2.99. The number of rotatable bonds is 7. The fourth-order valence-electron chi connectivity index (χ4n) is 1.50. The molecular weight excluding hydrogens is 368 g/mol. The largest absolute Gasteiger partial charge is 0.492 e. The highest BCUT2D eigenvalue weighted by Crippen LogP contribution is 2.33. The quantitative estimate of drug-likeness (QED) is 0.556. The smallest absolute Gasteiger partial charge is 0.174 e. The number of nitrogens with one attached hydrogen (secondary N) is 1. The van der Waals surface area contributed by atoms with Crippen LogP contribution in [0.25, 0.3) is 0 Å². The molecule has 0 bridgehead atoms. The van der Waals surface area contributed by atoms with Crippen LogP contribution in [0.2, 0.25) is 0 Å². The monoisotopic (exact) mass is 387 g/mol. The van der Waals surface area contributed by atoms with E-state index < -0.39 is 0 Å². The van der Waals surface area contributed by atoms with Gasteiger partial charge in [-0.25, -0.2) is 0 Å². The Morgan fingerprint density at radius 2 is 2.11 bits per heavy atom. The number of benzene rings is 1. The Bertz CT molecular complexity index is 363. The van der Waals surface area contributed by atoms with Gasteiger partial charge in [-0.3, -0.25) is 0 Å². The maximum atomic E-state index is 8.71. The summed E-state index contributed by atoms with van der Waals surface area (Å²) in [5, 5.41) is 11.8. The van der Waals surface area contributed by atoms with E-state index in [0.29, 0.717) is 19.7 Å². The summed E-state index contributed by atoms with van der Waals surface area (Å²) in [5.41, 5.74) is 1.12. The summed E-state index contributed by atoms with van der Waals surface area (Å²) < 4.78 is 11.9. The summed E-state index contributed by atoms with van der Waals surface area (Å²) in [7, 11) is 1.64. The molecule has 0 unspecified atom stereocenters. The van der Waals surface area contributed by atoms with E-state index in [1.54, 1.807) is 7.11 Å². The van der Waals surface area contributed by atoms with E-state index in [1.807, 2.05) is 19.1 Å². The molecule has 18 heavy (non-hydrogen) atoms. The molecule has 1 aromatic carbocycles. The zero-order chi connectivity index (χ0) is 12.7. The molecule has 0 aromatic heterocycles. The lowest BCUT2D eigenvalue weighted by molar-refractivity contribution is 0.291. The highest BCUT2D eigenvalue weighted by molar-refractivity contribution is 14.1. The van der Waals surface area contributed by atoms with Crippen LogP contribution in [-0.2, 0) is 6.54 Å². The first-order valence-electron chi connectivity index (χ1n) is 5.53. The summed E-state index contributed by atoms with van der Waals surface area (Å²) in [6, 6.07) is 4.02. The van der Waals surface area contributed by atoms with Gasteiger partial charge in [-0.15, -0.1) is 12.4 Å². The predicted octanol–water partition coefficient (Wildman–Crippen LogP) is 2.20. The van der Waals surface area contributed by atoms with Crippen molar-refractivity contribution in [1.82, 2.24) is 5.32 Å². The van der Waals surface area contributed by atoms with Crippen LogP contribution in [0.15, 0.2) is 12.1 Å². The first kappa shape index (κ1) is 17.8. The van der Waals surface area contributed by atoms with Gasteiger partial charge in [0.1, 0.15) is 0 Å². The minimum absolute atomic E-state index is 0. The van der Waals surface area contributed by atoms with Crippen molar-refractivity contribution in [2.24, 2.45) is 0 Å². The van der Waals surface area contributed by atoms with Crippen molar-refractivity contribution in [2.75, 3.05) is 26.9 Å². The van der Waals surface area contributed by atoms with Crippen LogP contribution in [0.3, 0.4) is 0 Å². The molecule has 0 saturated heterocycles. The molecule has 6 heteroatoms. The van der Waals surface area contributed by atoms with Gasteiger partial charge in [-0.1, -0.05) is 0 Å². The van der Waals surface area contributed by atoms with Crippen molar-refractivity contribution in [3.8, 4) is 11.5 Å². The second-order valence-electron chi connectivity index (χ2n) is 3.44. The van der Waals surface area contributed by atoms with Gasteiger partial charge in [0.25, 0.3) is 0 Å². The summed E-state index contributed by atoms with van der Waals surface area (Å²) in [6.45, 7) is 4.00. The van der Waals surface area contributed by atoms with Crippen LogP contribution in [0, 0.1) is 3.57 Å². The van der Waals surface area contributed by atoms with Crippen molar-refractivity contribution >= 4 is 35.0 Å². The number of halogens is 2. The molecule has 0 radical (unpaired) electrons. The van der Waals surface area contributed by atoms with E-state index in [1.165, 1.54) is 0 Å². The average molecular weight is 388 g/mol. The van der Waals surface area contributed by atoms with E-state index in [9.17, 15) is 0 Å². The highest BCUT2D eigenvalue weighted by atomic mass is 127. The molecule has 0 amide bonds. The molecule has 4 nitrogen and oxygen atoms in total. The Morgan fingerprint density at radius 1 is 1.39 bits per heavy atom. The standard InChI is InChI=1S/C12H18INO3.ClH/c1-3-17-11-7-9(8-14-4-5-15)6-10(13)12(11)16-2;/h6-7,14-15H,3-5,8H2,1-2H3;1H. The van der Waals surface area contributed by atoms with Crippen LogP contribution < -0.4 is 14.8 Å². The summed E-state index contributed by atoms with van der Waals surface area (Å²) >= 11 is 2.23. The maximum Gasteiger partial charge on any atom is 0.174 e. The van der Waals surface area contributed by atoms with Gasteiger partial charge in [0.2, 0.25) is 0 Å². The van der Waals surface area contributed by atoms with Crippen molar-refractivity contribution < 1.29 is 14.6 Å². The minimum atomic E-state index is 0. The normalized spacial score (nSPS) is 9.78. The maximum absolute atomic E-state index is 8.71. The van der Waals surface area contributed by atoms with Crippen molar-refractivity contribution in [3.05, 3.63) is 21.3 Å². The van der Waals surface area contributed by atoms with Crippen molar-refractivity contribution in [1.29, 1.82) is 0 Å². The molecule has 0 spiro atoms. The van der Waals surface area contributed by atoms with E-state index in [2.05, 4.69) is 27.9 Å². The number of hydrogen-bond donors (Lipinski definition) is 2. The number of ether oxygens (including phenoxy) is 2. The van der Waals surface area contributed by atoms with Crippen molar-refractivity contribution in [3.63, 3.8) is 0 Å². The van der Waals surface area contributed by atoms with Crippen LogP contribution >= 0.6 is 35.0 Å². The topological polar surface area (TPSA) is 50.7 Å². The number of aliphatic hydroxyl groups excluding tert-OH is 1. The third-order valence-electron chi connectivity index (χ3n) is 2.19. The Balaban J connectivity index is 0.00000289. The summed E-state index contributed by atoms with van der Waals surface area (Å²) in [6.07, 6.45) is 0. The lowest BCUT2D eigenvalue weighted by Crippen LogP contribution is -2.17. The van der Waals surface area contributed by atoms with E-state index in [0.717, 1.165) is 20.6 Å². The third kappa shape index (κ3) is 5.17. The Morgan fingerprint density at radius 3 is 2.67 bits per heavy atom.